The van der Waals surface area contributed by atoms with E-state index >= 15 is 0 Å². The van der Waals surface area contributed by atoms with Crippen LogP contribution in [0.4, 0.5) is 11.4 Å². The average Bonchev–Trinajstić information content (AvgIpc) is 2.81. The molecule has 0 saturated carbocycles. The molecule has 0 aromatic heterocycles. The molecule has 2 heterocycles. The van der Waals surface area contributed by atoms with Gasteiger partial charge in [-0.3, -0.25) is 9.10 Å². The van der Waals surface area contributed by atoms with E-state index in [1.807, 2.05) is 0 Å². The summed E-state index contributed by atoms with van der Waals surface area (Å²) in [4.78, 5) is 15.1. The van der Waals surface area contributed by atoms with E-state index < -0.39 is 16.1 Å². The van der Waals surface area contributed by atoms with Gasteiger partial charge in [-0.05, 0) is 49.9 Å². The molecule has 2 aromatic carbocycles. The number of fused-ring (bicyclic) bond motifs is 2. The van der Waals surface area contributed by atoms with Gasteiger partial charge in [-0.25, -0.2) is 8.42 Å². The predicted molar refractivity (Wildman–Crippen MR) is 122 cm³/mol. The van der Waals surface area contributed by atoms with Gasteiger partial charge in [0, 0.05) is 25.3 Å². The summed E-state index contributed by atoms with van der Waals surface area (Å²) in [5.41, 5.74) is 3.15. The molecule has 0 fully saturated rings. The van der Waals surface area contributed by atoms with Gasteiger partial charge < -0.3 is 15.0 Å². The number of para-hydroxylation sites is 3. The molecule has 7 nitrogen and oxygen atoms in total. The van der Waals surface area contributed by atoms with Crippen LogP contribution in [0.5, 0.6) is 5.75 Å². The van der Waals surface area contributed by atoms with E-state index in [0.29, 0.717) is 18.0 Å². The molecule has 0 bridgehead atoms. The molecule has 1 amide bonds. The van der Waals surface area contributed by atoms with Gasteiger partial charge in [0.25, 0.3) is 5.91 Å². The third-order valence-electron chi connectivity index (χ3n) is 5.84. The second kappa shape index (κ2) is 9.18. The predicted octanol–water partition coefficient (Wildman–Crippen LogP) is 2.56. The van der Waals surface area contributed by atoms with Gasteiger partial charge in [0.05, 0.1) is 18.0 Å². The van der Waals surface area contributed by atoms with Crippen LogP contribution in [-0.4, -0.2) is 52.4 Å². The highest BCUT2D eigenvalue weighted by Gasteiger charge is 2.35. The number of carbonyl (C=O) groups excluding carboxylic acids is 1. The number of benzene rings is 2. The minimum absolute atomic E-state index is 0.0154. The van der Waals surface area contributed by atoms with Crippen molar-refractivity contribution >= 4 is 27.3 Å². The number of hydrogen-bond donors (Lipinski definition) is 1. The number of carbonyl (C=O) groups is 1. The molecule has 0 unspecified atom stereocenters. The number of aryl methyl sites for hydroxylation is 1. The summed E-state index contributed by atoms with van der Waals surface area (Å²) in [6, 6.07) is 15.4. The van der Waals surface area contributed by atoms with E-state index in [0.717, 1.165) is 32.4 Å². The first-order chi connectivity index (χ1) is 15.0. The number of ether oxygens (including phenoxy) is 1. The zero-order valence-corrected chi connectivity index (χ0v) is 18.6. The van der Waals surface area contributed by atoms with Crippen molar-refractivity contribution in [1.82, 2.24) is 5.32 Å². The minimum atomic E-state index is -3.50. The second-order valence-corrected chi connectivity index (χ2v) is 10.1. The number of hydrogen-bond acceptors (Lipinski definition) is 5. The number of amides is 1. The van der Waals surface area contributed by atoms with Crippen molar-refractivity contribution in [2.75, 3.05) is 41.1 Å². The summed E-state index contributed by atoms with van der Waals surface area (Å²) in [7, 11) is -3.50. The van der Waals surface area contributed by atoms with Gasteiger partial charge in [-0.2, -0.15) is 0 Å². The van der Waals surface area contributed by atoms with E-state index in [9.17, 15) is 13.2 Å². The van der Waals surface area contributed by atoms with E-state index in [2.05, 4.69) is 34.5 Å². The standard InChI is InChI=1S/C23H29N3O4S/c1-2-31(28,29)26-17-22(30-21-13-6-5-12-20(21)26)23(27)24-14-8-16-25-15-7-10-18-9-3-4-11-19(18)25/h3-6,9,11-13,22H,2,7-8,10,14-17H2,1H3,(H,24,27)/t22-/m0/s1. The lowest BCUT2D eigenvalue weighted by molar-refractivity contribution is -0.127. The molecule has 1 N–H and O–H groups in total. The first kappa shape index (κ1) is 21.5. The zero-order valence-electron chi connectivity index (χ0n) is 17.8. The fourth-order valence-corrected chi connectivity index (χ4v) is 5.32. The summed E-state index contributed by atoms with van der Waals surface area (Å²) in [6.07, 6.45) is 2.19. The third kappa shape index (κ3) is 4.63. The molecular formula is C23H29N3O4S. The van der Waals surface area contributed by atoms with Crippen LogP contribution in [0.2, 0.25) is 0 Å². The van der Waals surface area contributed by atoms with Crippen LogP contribution in [-0.2, 0) is 21.2 Å². The Morgan fingerprint density at radius 2 is 1.87 bits per heavy atom. The largest absolute Gasteiger partial charge is 0.476 e. The fraction of sp³-hybridized carbons (Fsp3) is 0.435. The first-order valence-electron chi connectivity index (χ1n) is 10.9. The highest BCUT2D eigenvalue weighted by Crippen LogP contribution is 2.35. The van der Waals surface area contributed by atoms with Gasteiger partial charge >= 0.3 is 0 Å². The van der Waals surface area contributed by atoms with Crippen LogP contribution >= 0.6 is 0 Å². The summed E-state index contributed by atoms with van der Waals surface area (Å²) >= 11 is 0. The molecule has 4 rings (SSSR count). The number of sulfonamides is 1. The maximum absolute atomic E-state index is 12.7. The normalized spacial score (nSPS) is 18.0. The topological polar surface area (TPSA) is 79.0 Å². The van der Waals surface area contributed by atoms with Crippen molar-refractivity contribution in [2.24, 2.45) is 0 Å². The Morgan fingerprint density at radius 1 is 1.13 bits per heavy atom. The van der Waals surface area contributed by atoms with Gasteiger partial charge in [0.2, 0.25) is 10.0 Å². The smallest absolute Gasteiger partial charge is 0.263 e. The highest BCUT2D eigenvalue weighted by atomic mass is 32.2. The van der Waals surface area contributed by atoms with E-state index in [1.54, 1.807) is 31.2 Å². The van der Waals surface area contributed by atoms with Crippen molar-refractivity contribution < 1.29 is 17.9 Å². The average molecular weight is 444 g/mol. The Morgan fingerprint density at radius 3 is 2.68 bits per heavy atom. The van der Waals surface area contributed by atoms with Gasteiger partial charge in [-0.15, -0.1) is 0 Å². The Labute approximate surface area is 184 Å². The highest BCUT2D eigenvalue weighted by molar-refractivity contribution is 7.92. The molecule has 2 aliphatic heterocycles. The SMILES string of the molecule is CCS(=O)(=O)N1C[C@@H](C(=O)NCCCN2CCCc3ccccc32)Oc2ccccc21. The Kier molecular flexibility index (Phi) is 6.36. The van der Waals surface area contributed by atoms with E-state index in [1.165, 1.54) is 15.6 Å². The Bertz CT molecular complexity index is 1040. The van der Waals surface area contributed by atoms with Crippen molar-refractivity contribution in [3.63, 3.8) is 0 Å². The van der Waals surface area contributed by atoms with Crippen LogP contribution in [0.1, 0.15) is 25.3 Å². The Balaban J connectivity index is 1.34. The monoisotopic (exact) mass is 443 g/mol. The maximum Gasteiger partial charge on any atom is 0.263 e. The van der Waals surface area contributed by atoms with Crippen molar-refractivity contribution in [3.05, 3.63) is 54.1 Å². The minimum Gasteiger partial charge on any atom is -0.476 e. The summed E-state index contributed by atoms with van der Waals surface area (Å²) in [5.74, 6) is 0.0909. The fourth-order valence-electron chi connectivity index (χ4n) is 4.20. The summed E-state index contributed by atoms with van der Waals surface area (Å²) < 4.78 is 32.2. The number of rotatable bonds is 7. The van der Waals surface area contributed by atoms with Crippen molar-refractivity contribution in [2.45, 2.75) is 32.3 Å². The third-order valence-corrected chi connectivity index (χ3v) is 7.59. The van der Waals surface area contributed by atoms with E-state index in [-0.39, 0.29) is 18.2 Å². The molecule has 166 valence electrons. The van der Waals surface area contributed by atoms with E-state index in [4.69, 9.17) is 4.74 Å². The molecule has 1 atom stereocenters. The lowest BCUT2D eigenvalue weighted by atomic mass is 10.0. The van der Waals surface area contributed by atoms with Crippen molar-refractivity contribution in [3.8, 4) is 5.75 Å². The zero-order chi connectivity index (χ0) is 21.8. The van der Waals surface area contributed by atoms with Crippen LogP contribution in [0.15, 0.2) is 48.5 Å². The lowest BCUT2D eigenvalue weighted by Crippen LogP contribution is -2.51. The molecule has 0 aliphatic carbocycles. The molecule has 0 radical (unpaired) electrons. The number of nitrogens with zero attached hydrogens (tertiary/aromatic N) is 2. The van der Waals surface area contributed by atoms with Crippen LogP contribution in [0.25, 0.3) is 0 Å². The molecule has 0 saturated heterocycles. The molecule has 31 heavy (non-hydrogen) atoms. The van der Waals surface area contributed by atoms with Crippen LogP contribution < -0.4 is 19.3 Å². The summed E-state index contributed by atoms with van der Waals surface area (Å²) in [5, 5.41) is 2.92. The molecule has 8 heteroatoms. The van der Waals surface area contributed by atoms with Crippen LogP contribution in [0, 0.1) is 0 Å². The van der Waals surface area contributed by atoms with Crippen LogP contribution in [0.3, 0.4) is 0 Å². The van der Waals surface area contributed by atoms with Gasteiger partial charge in [0.1, 0.15) is 5.75 Å². The quantitative estimate of drug-likeness (QED) is 0.666. The second-order valence-electron chi connectivity index (χ2n) is 7.87. The molecule has 2 aliphatic rings. The molecule has 2 aromatic rings. The molecule has 0 spiro atoms. The lowest BCUT2D eigenvalue weighted by Gasteiger charge is -2.34. The molecular weight excluding hydrogens is 414 g/mol. The van der Waals surface area contributed by atoms with Gasteiger partial charge in [-0.1, -0.05) is 30.3 Å². The first-order valence-corrected chi connectivity index (χ1v) is 12.5. The van der Waals surface area contributed by atoms with Gasteiger partial charge in [0.15, 0.2) is 6.10 Å². The maximum atomic E-state index is 12.7. The summed E-state index contributed by atoms with van der Waals surface area (Å²) in [6.45, 7) is 3.98. The van der Waals surface area contributed by atoms with Crippen molar-refractivity contribution in [1.29, 1.82) is 0 Å². The number of nitrogens with one attached hydrogen (secondary N) is 1. The number of anilines is 2. The Hall–Kier alpha value is -2.74.